The summed E-state index contributed by atoms with van der Waals surface area (Å²) in [7, 11) is 0. The Morgan fingerprint density at radius 3 is 2.54 bits per heavy atom. The van der Waals surface area contributed by atoms with Crippen molar-refractivity contribution < 1.29 is 4.79 Å². The molecule has 1 aromatic carbocycles. The highest BCUT2D eigenvalue weighted by Crippen LogP contribution is 2.25. The third kappa shape index (κ3) is 3.96. The zero-order chi connectivity index (χ0) is 17.8. The molecule has 4 nitrogen and oxygen atoms in total. The van der Waals surface area contributed by atoms with Gasteiger partial charge in [-0.05, 0) is 48.9 Å². The zero-order valence-corrected chi connectivity index (χ0v) is 15.3. The summed E-state index contributed by atoms with van der Waals surface area (Å²) in [5.74, 6) is 0.268. The van der Waals surface area contributed by atoms with Gasteiger partial charge in [-0.1, -0.05) is 30.3 Å². The van der Waals surface area contributed by atoms with E-state index in [1.54, 1.807) is 6.20 Å². The summed E-state index contributed by atoms with van der Waals surface area (Å²) in [5, 5.41) is 0. The van der Waals surface area contributed by atoms with Crippen LogP contribution in [0.15, 0.2) is 48.7 Å². The number of amides is 1. The van der Waals surface area contributed by atoms with Crippen LogP contribution in [-0.2, 0) is 24.1 Å². The second-order valence-electron chi connectivity index (χ2n) is 7.40. The first-order chi connectivity index (χ1) is 12.8. The lowest BCUT2D eigenvalue weighted by molar-refractivity contribution is -0.133. The van der Waals surface area contributed by atoms with E-state index in [1.165, 1.54) is 24.0 Å². The van der Waals surface area contributed by atoms with Gasteiger partial charge < -0.3 is 4.90 Å². The summed E-state index contributed by atoms with van der Waals surface area (Å²) in [5.41, 5.74) is 4.03. The van der Waals surface area contributed by atoms with E-state index in [0.717, 1.165) is 44.7 Å². The van der Waals surface area contributed by atoms with Crippen LogP contribution in [0, 0.1) is 0 Å². The van der Waals surface area contributed by atoms with E-state index in [1.807, 2.05) is 23.1 Å². The number of piperazine rings is 1. The molecule has 4 heteroatoms. The Labute approximate surface area is 155 Å². The second kappa shape index (κ2) is 8.00. The number of hydrogen-bond acceptors (Lipinski definition) is 3. The lowest BCUT2D eigenvalue weighted by atomic mass is 9.87. The maximum Gasteiger partial charge on any atom is 0.223 e. The van der Waals surface area contributed by atoms with Crippen LogP contribution in [0.2, 0.25) is 0 Å². The Morgan fingerprint density at radius 2 is 1.77 bits per heavy atom. The minimum Gasteiger partial charge on any atom is -0.340 e. The average molecular weight is 349 g/mol. The molecule has 1 fully saturated rings. The molecular formula is C22H27N3O. The molecule has 0 bridgehead atoms. The molecule has 2 aromatic rings. The number of aromatic nitrogens is 1. The zero-order valence-electron chi connectivity index (χ0n) is 15.3. The molecule has 0 radical (unpaired) electrons. The Balaban J connectivity index is 1.26. The van der Waals surface area contributed by atoms with Crippen LogP contribution in [0.5, 0.6) is 0 Å². The van der Waals surface area contributed by atoms with Gasteiger partial charge in [0, 0.05) is 50.5 Å². The van der Waals surface area contributed by atoms with Crippen LogP contribution in [0.25, 0.3) is 0 Å². The molecule has 0 unspecified atom stereocenters. The molecule has 26 heavy (non-hydrogen) atoms. The Hall–Kier alpha value is -2.20. The number of fused-ring (bicyclic) bond motifs is 1. The predicted molar refractivity (Wildman–Crippen MR) is 103 cm³/mol. The van der Waals surface area contributed by atoms with Gasteiger partial charge in [0.25, 0.3) is 0 Å². The average Bonchev–Trinajstić information content (AvgIpc) is 2.72. The first-order valence-corrected chi connectivity index (χ1v) is 9.78. The molecule has 1 aromatic heterocycles. The minimum atomic E-state index is 0.268. The second-order valence-corrected chi connectivity index (χ2v) is 7.40. The molecule has 0 saturated carbocycles. The van der Waals surface area contributed by atoms with Gasteiger partial charge in [-0.25, -0.2) is 0 Å². The molecular weight excluding hydrogens is 322 g/mol. The lowest BCUT2D eigenvalue weighted by Gasteiger charge is -2.41. The smallest absolute Gasteiger partial charge is 0.223 e. The molecule has 2 aliphatic rings. The van der Waals surface area contributed by atoms with Crippen molar-refractivity contribution in [2.75, 3.05) is 26.2 Å². The third-order valence-corrected chi connectivity index (χ3v) is 5.83. The van der Waals surface area contributed by atoms with Crippen molar-refractivity contribution in [2.45, 2.75) is 38.1 Å². The largest absolute Gasteiger partial charge is 0.340 e. The van der Waals surface area contributed by atoms with Crippen LogP contribution >= 0.6 is 0 Å². The van der Waals surface area contributed by atoms with Gasteiger partial charge in [-0.2, -0.15) is 0 Å². The maximum absolute atomic E-state index is 12.5. The van der Waals surface area contributed by atoms with Crippen LogP contribution in [-0.4, -0.2) is 52.9 Å². The number of pyridine rings is 1. The fourth-order valence-electron chi connectivity index (χ4n) is 4.27. The number of hydrogen-bond donors (Lipinski definition) is 0. The number of nitrogens with zero attached hydrogens (tertiary/aromatic N) is 3. The first-order valence-electron chi connectivity index (χ1n) is 9.78. The SMILES string of the molecule is O=C(CCc1ccccn1)N1CCN([C@H]2CCc3ccccc3C2)CC1. The van der Waals surface area contributed by atoms with E-state index in [0.29, 0.717) is 12.5 Å². The Kier molecular flexibility index (Phi) is 5.30. The van der Waals surface area contributed by atoms with E-state index in [9.17, 15) is 4.79 Å². The van der Waals surface area contributed by atoms with Gasteiger partial charge in [0.05, 0.1) is 0 Å². The van der Waals surface area contributed by atoms with E-state index in [-0.39, 0.29) is 5.91 Å². The fourth-order valence-corrected chi connectivity index (χ4v) is 4.27. The van der Waals surface area contributed by atoms with Gasteiger partial charge in [0.1, 0.15) is 0 Å². The highest BCUT2D eigenvalue weighted by atomic mass is 16.2. The van der Waals surface area contributed by atoms with Gasteiger partial charge in [-0.15, -0.1) is 0 Å². The van der Waals surface area contributed by atoms with Crippen LogP contribution in [0.4, 0.5) is 0 Å². The summed E-state index contributed by atoms with van der Waals surface area (Å²) in [6.07, 6.45) is 6.67. The number of carbonyl (C=O) groups is 1. The molecule has 4 rings (SSSR count). The molecule has 1 amide bonds. The van der Waals surface area contributed by atoms with E-state index >= 15 is 0 Å². The summed E-state index contributed by atoms with van der Waals surface area (Å²) < 4.78 is 0. The van der Waals surface area contributed by atoms with Gasteiger partial charge in [0.2, 0.25) is 5.91 Å². The highest BCUT2D eigenvalue weighted by molar-refractivity contribution is 5.76. The van der Waals surface area contributed by atoms with Crippen molar-refractivity contribution in [2.24, 2.45) is 0 Å². The Bertz CT molecular complexity index is 738. The molecule has 1 atom stereocenters. The quantitative estimate of drug-likeness (QED) is 0.852. The van der Waals surface area contributed by atoms with Gasteiger partial charge >= 0.3 is 0 Å². The van der Waals surface area contributed by atoms with E-state index in [2.05, 4.69) is 34.1 Å². The Morgan fingerprint density at radius 1 is 1.00 bits per heavy atom. The molecule has 1 aliphatic heterocycles. The standard InChI is InChI=1S/C22H27N3O/c26-22(11-9-20-7-3-4-12-23-20)25-15-13-24(14-16-25)21-10-8-18-5-1-2-6-19(18)17-21/h1-7,12,21H,8-11,13-17H2/t21-/m0/s1. The fraction of sp³-hybridized carbons (Fsp3) is 0.455. The van der Waals surface area contributed by atoms with Crippen molar-refractivity contribution in [1.82, 2.24) is 14.8 Å². The van der Waals surface area contributed by atoms with Crippen molar-refractivity contribution in [3.8, 4) is 0 Å². The van der Waals surface area contributed by atoms with E-state index < -0.39 is 0 Å². The van der Waals surface area contributed by atoms with Gasteiger partial charge in [-0.3, -0.25) is 14.7 Å². The molecule has 1 saturated heterocycles. The summed E-state index contributed by atoms with van der Waals surface area (Å²) in [4.78, 5) is 21.4. The number of rotatable bonds is 4. The molecule has 0 spiro atoms. The molecule has 2 heterocycles. The van der Waals surface area contributed by atoms with Crippen LogP contribution in [0.3, 0.4) is 0 Å². The predicted octanol–water partition coefficient (Wildman–Crippen LogP) is 2.72. The maximum atomic E-state index is 12.5. The summed E-state index contributed by atoms with van der Waals surface area (Å²) >= 11 is 0. The van der Waals surface area contributed by atoms with Crippen LogP contribution in [0.1, 0.15) is 29.7 Å². The van der Waals surface area contributed by atoms with Crippen LogP contribution < -0.4 is 0 Å². The minimum absolute atomic E-state index is 0.268. The summed E-state index contributed by atoms with van der Waals surface area (Å²) in [6, 6.07) is 15.4. The topological polar surface area (TPSA) is 36.4 Å². The summed E-state index contributed by atoms with van der Waals surface area (Å²) in [6.45, 7) is 3.72. The van der Waals surface area contributed by atoms with Crippen molar-refractivity contribution >= 4 is 5.91 Å². The first kappa shape index (κ1) is 17.2. The molecule has 0 N–H and O–H groups in total. The van der Waals surface area contributed by atoms with Crippen molar-refractivity contribution in [1.29, 1.82) is 0 Å². The third-order valence-electron chi connectivity index (χ3n) is 5.83. The monoisotopic (exact) mass is 349 g/mol. The molecule has 136 valence electrons. The lowest BCUT2D eigenvalue weighted by Crippen LogP contribution is -2.53. The van der Waals surface area contributed by atoms with Crippen molar-refractivity contribution in [3.63, 3.8) is 0 Å². The normalized spacial score (nSPS) is 20.6. The van der Waals surface area contributed by atoms with E-state index in [4.69, 9.17) is 0 Å². The highest BCUT2D eigenvalue weighted by Gasteiger charge is 2.28. The van der Waals surface area contributed by atoms with Gasteiger partial charge in [0.15, 0.2) is 0 Å². The number of benzene rings is 1. The number of carbonyl (C=O) groups excluding carboxylic acids is 1. The molecule has 1 aliphatic carbocycles. The number of aryl methyl sites for hydroxylation is 2. The van der Waals surface area contributed by atoms with Crippen molar-refractivity contribution in [3.05, 3.63) is 65.5 Å².